The van der Waals surface area contributed by atoms with Gasteiger partial charge in [-0.2, -0.15) is 18.3 Å². The van der Waals surface area contributed by atoms with E-state index in [0.717, 1.165) is 12.1 Å². The normalized spacial score (nSPS) is 11.6. The second-order valence-corrected chi connectivity index (χ2v) is 7.96. The van der Waals surface area contributed by atoms with Gasteiger partial charge in [-0.05, 0) is 42.0 Å². The zero-order valence-electron chi connectivity index (χ0n) is 15.7. The van der Waals surface area contributed by atoms with E-state index in [1.165, 1.54) is 24.3 Å². The van der Waals surface area contributed by atoms with Crippen LogP contribution in [-0.2, 0) is 29.8 Å². The highest BCUT2D eigenvalue weighted by molar-refractivity contribution is 7.89. The van der Waals surface area contributed by atoms with Crippen molar-refractivity contribution in [1.82, 2.24) is 9.78 Å². The molecule has 30 heavy (non-hydrogen) atoms. The molecular weight excluding hydrogens is 417 g/mol. The number of nitrogens with one attached hydrogen (secondary N) is 1. The standard InChI is InChI=1S/C20H17F3N4O2S/c1-27-19(25-12-15-3-8-17(9-4-15)20(21,22)23)16(13-26-27)7-2-14-5-10-18(11-6-14)30(24,28)29/h3-6,8-11,13,25H,12H2,1H3,(H2,24,28,29). The second-order valence-electron chi connectivity index (χ2n) is 6.40. The Bertz CT molecular complexity index is 1200. The first-order valence-corrected chi connectivity index (χ1v) is 10.2. The van der Waals surface area contributed by atoms with Gasteiger partial charge < -0.3 is 5.32 Å². The van der Waals surface area contributed by atoms with Gasteiger partial charge in [0.05, 0.1) is 22.2 Å². The lowest BCUT2D eigenvalue weighted by molar-refractivity contribution is -0.137. The zero-order valence-corrected chi connectivity index (χ0v) is 16.6. The molecule has 0 saturated carbocycles. The molecule has 0 fully saturated rings. The number of aryl methyl sites for hydroxylation is 1. The van der Waals surface area contributed by atoms with Crippen molar-refractivity contribution in [3.8, 4) is 11.8 Å². The first-order chi connectivity index (χ1) is 14.0. The predicted molar refractivity (Wildman–Crippen MR) is 106 cm³/mol. The molecule has 6 nitrogen and oxygen atoms in total. The molecule has 0 radical (unpaired) electrons. The quantitative estimate of drug-likeness (QED) is 0.618. The van der Waals surface area contributed by atoms with E-state index in [0.29, 0.717) is 22.5 Å². The SMILES string of the molecule is Cn1ncc(C#Cc2ccc(S(N)(=O)=O)cc2)c1NCc1ccc(C(F)(F)F)cc1. The number of hydrogen-bond acceptors (Lipinski definition) is 4. The summed E-state index contributed by atoms with van der Waals surface area (Å²) < 4.78 is 62.1. The molecule has 156 valence electrons. The lowest BCUT2D eigenvalue weighted by atomic mass is 10.1. The topological polar surface area (TPSA) is 90.0 Å². The summed E-state index contributed by atoms with van der Waals surface area (Å²) in [6.45, 7) is 0.287. The van der Waals surface area contributed by atoms with Crippen molar-refractivity contribution in [3.63, 3.8) is 0 Å². The van der Waals surface area contributed by atoms with E-state index in [-0.39, 0.29) is 11.4 Å². The number of nitrogens with zero attached hydrogens (tertiary/aromatic N) is 2. The molecule has 3 aromatic rings. The van der Waals surface area contributed by atoms with Crippen molar-refractivity contribution in [3.05, 3.63) is 77.0 Å². The fourth-order valence-corrected chi connectivity index (χ4v) is 3.12. The average molecular weight is 434 g/mol. The summed E-state index contributed by atoms with van der Waals surface area (Å²) in [6, 6.07) is 10.7. The maximum atomic E-state index is 12.7. The van der Waals surface area contributed by atoms with E-state index in [9.17, 15) is 21.6 Å². The highest BCUT2D eigenvalue weighted by Gasteiger charge is 2.29. The molecular formula is C20H17F3N4O2S. The van der Waals surface area contributed by atoms with Gasteiger partial charge in [0.2, 0.25) is 10.0 Å². The van der Waals surface area contributed by atoms with Gasteiger partial charge in [0.1, 0.15) is 5.82 Å². The van der Waals surface area contributed by atoms with Crippen LogP contribution in [0.4, 0.5) is 19.0 Å². The summed E-state index contributed by atoms with van der Waals surface area (Å²) in [6.07, 6.45) is -2.82. The van der Waals surface area contributed by atoms with Gasteiger partial charge in [-0.1, -0.05) is 24.0 Å². The van der Waals surface area contributed by atoms with Crippen LogP contribution in [0.25, 0.3) is 0 Å². The van der Waals surface area contributed by atoms with Crippen LogP contribution in [0.1, 0.15) is 22.3 Å². The summed E-state index contributed by atoms with van der Waals surface area (Å²) in [5.41, 5.74) is 1.13. The van der Waals surface area contributed by atoms with Crippen LogP contribution in [0.15, 0.2) is 59.6 Å². The van der Waals surface area contributed by atoms with Gasteiger partial charge in [0.15, 0.2) is 0 Å². The molecule has 0 amide bonds. The van der Waals surface area contributed by atoms with E-state index in [2.05, 4.69) is 22.3 Å². The van der Waals surface area contributed by atoms with Crippen LogP contribution in [0, 0.1) is 11.8 Å². The summed E-state index contributed by atoms with van der Waals surface area (Å²) in [5.74, 6) is 6.46. The Balaban J connectivity index is 1.74. The molecule has 1 heterocycles. The number of primary sulfonamides is 1. The number of halogens is 3. The Morgan fingerprint density at radius 2 is 1.70 bits per heavy atom. The minimum Gasteiger partial charge on any atom is -0.365 e. The zero-order chi connectivity index (χ0) is 21.9. The van der Waals surface area contributed by atoms with Crippen molar-refractivity contribution in [2.45, 2.75) is 17.6 Å². The molecule has 0 aliphatic rings. The average Bonchev–Trinajstić information content (AvgIpc) is 3.03. The summed E-state index contributed by atoms with van der Waals surface area (Å²) in [7, 11) is -2.06. The van der Waals surface area contributed by atoms with Gasteiger partial charge in [0, 0.05) is 19.2 Å². The highest BCUT2D eigenvalue weighted by atomic mass is 32.2. The molecule has 3 N–H and O–H groups in total. The van der Waals surface area contributed by atoms with Gasteiger partial charge >= 0.3 is 6.18 Å². The Morgan fingerprint density at radius 1 is 1.07 bits per heavy atom. The monoisotopic (exact) mass is 434 g/mol. The minimum absolute atomic E-state index is 0.00618. The fraction of sp³-hybridized carbons (Fsp3) is 0.150. The van der Waals surface area contributed by atoms with E-state index in [1.807, 2.05) is 0 Å². The number of hydrogen-bond donors (Lipinski definition) is 2. The molecule has 3 rings (SSSR count). The van der Waals surface area contributed by atoms with Crippen molar-refractivity contribution in [2.24, 2.45) is 12.2 Å². The highest BCUT2D eigenvalue weighted by Crippen LogP contribution is 2.29. The number of nitrogens with two attached hydrogens (primary N) is 1. The maximum Gasteiger partial charge on any atom is 0.416 e. The number of aromatic nitrogens is 2. The Hall–Kier alpha value is -3.29. The van der Waals surface area contributed by atoms with Crippen molar-refractivity contribution in [2.75, 3.05) is 5.32 Å². The van der Waals surface area contributed by atoms with Gasteiger partial charge in [0.25, 0.3) is 0 Å². The number of rotatable bonds is 4. The molecule has 0 bridgehead atoms. The van der Waals surface area contributed by atoms with E-state index >= 15 is 0 Å². The number of anilines is 1. The lowest BCUT2D eigenvalue weighted by Crippen LogP contribution is -2.11. The molecule has 0 aliphatic heterocycles. The summed E-state index contributed by atoms with van der Waals surface area (Å²) >= 11 is 0. The fourth-order valence-electron chi connectivity index (χ4n) is 2.60. The van der Waals surface area contributed by atoms with Crippen LogP contribution in [-0.4, -0.2) is 18.2 Å². The molecule has 0 unspecified atom stereocenters. The van der Waals surface area contributed by atoms with E-state index in [4.69, 9.17) is 5.14 Å². The smallest absolute Gasteiger partial charge is 0.365 e. The lowest BCUT2D eigenvalue weighted by Gasteiger charge is -2.10. The van der Waals surface area contributed by atoms with Crippen LogP contribution in [0.5, 0.6) is 0 Å². The number of alkyl halides is 3. The molecule has 1 aromatic heterocycles. The van der Waals surface area contributed by atoms with Crippen molar-refractivity contribution >= 4 is 15.8 Å². The maximum absolute atomic E-state index is 12.7. The molecule has 10 heteroatoms. The third kappa shape index (κ3) is 5.20. The van der Waals surface area contributed by atoms with Gasteiger partial charge in [-0.3, -0.25) is 4.68 Å². The molecule has 0 spiro atoms. The summed E-state index contributed by atoms with van der Waals surface area (Å²) in [5, 5.41) is 12.3. The van der Waals surface area contributed by atoms with Crippen LogP contribution in [0.2, 0.25) is 0 Å². The summed E-state index contributed by atoms with van der Waals surface area (Å²) in [4.78, 5) is -0.00618. The first kappa shape index (κ1) is 21.4. The van der Waals surface area contributed by atoms with Crippen LogP contribution in [0.3, 0.4) is 0 Å². The Kier molecular flexibility index (Phi) is 5.87. The number of benzene rings is 2. The van der Waals surface area contributed by atoms with Crippen molar-refractivity contribution in [1.29, 1.82) is 0 Å². The van der Waals surface area contributed by atoms with Gasteiger partial charge in [-0.25, -0.2) is 13.6 Å². The largest absolute Gasteiger partial charge is 0.416 e. The van der Waals surface area contributed by atoms with Gasteiger partial charge in [-0.15, -0.1) is 0 Å². The van der Waals surface area contributed by atoms with E-state index in [1.54, 1.807) is 30.1 Å². The van der Waals surface area contributed by atoms with Crippen LogP contribution < -0.4 is 10.5 Å². The molecule has 2 aromatic carbocycles. The Labute approximate surface area is 171 Å². The number of sulfonamides is 1. The molecule has 0 atom stereocenters. The third-order valence-corrected chi connectivity index (χ3v) is 5.13. The first-order valence-electron chi connectivity index (χ1n) is 8.61. The van der Waals surface area contributed by atoms with Crippen LogP contribution >= 0.6 is 0 Å². The molecule has 0 aliphatic carbocycles. The van der Waals surface area contributed by atoms with Crippen molar-refractivity contribution < 1.29 is 21.6 Å². The minimum atomic E-state index is -4.37. The predicted octanol–water partition coefficient (Wildman–Crippen LogP) is 3.10. The molecule has 0 saturated heterocycles. The Morgan fingerprint density at radius 3 is 2.27 bits per heavy atom. The second kappa shape index (κ2) is 8.22. The van der Waals surface area contributed by atoms with E-state index < -0.39 is 21.8 Å². The third-order valence-electron chi connectivity index (χ3n) is 4.20.